The lowest BCUT2D eigenvalue weighted by atomic mass is 10.2. The van der Waals surface area contributed by atoms with Crippen molar-refractivity contribution in [2.45, 2.75) is 31.3 Å². The average Bonchev–Trinajstić information content (AvgIpc) is 3.30. The first-order valence-electron chi connectivity index (χ1n) is 9.58. The summed E-state index contributed by atoms with van der Waals surface area (Å²) in [5.74, 6) is 0.695. The van der Waals surface area contributed by atoms with Crippen molar-refractivity contribution in [1.82, 2.24) is 19.6 Å². The van der Waals surface area contributed by atoms with Gasteiger partial charge < -0.3 is 19.1 Å². The highest BCUT2D eigenvalue weighted by Gasteiger charge is 2.33. The topological polar surface area (TPSA) is 69.1 Å². The summed E-state index contributed by atoms with van der Waals surface area (Å²) in [6.07, 6.45) is 2.92. The van der Waals surface area contributed by atoms with Crippen LogP contribution in [0.4, 0.5) is 0 Å². The Kier molecular flexibility index (Phi) is 5.42. The highest BCUT2D eigenvalue weighted by atomic mass is 16.5. The Morgan fingerprint density at radius 3 is 2.88 bits per heavy atom. The van der Waals surface area contributed by atoms with E-state index in [0.29, 0.717) is 24.8 Å². The predicted octanol–water partition coefficient (Wildman–Crippen LogP) is 0.790. The zero-order chi connectivity index (χ0) is 17.9. The minimum Gasteiger partial charge on any atom is -0.478 e. The molecule has 8 nitrogen and oxygen atoms in total. The Hall–Kier alpha value is -1.64. The molecule has 1 unspecified atom stereocenters. The van der Waals surface area contributed by atoms with Crippen molar-refractivity contribution >= 4 is 5.91 Å². The third kappa shape index (κ3) is 3.58. The van der Waals surface area contributed by atoms with E-state index in [1.165, 1.54) is 0 Å². The second-order valence-corrected chi connectivity index (χ2v) is 7.27. The van der Waals surface area contributed by atoms with Crippen LogP contribution in [0.1, 0.15) is 35.8 Å². The molecule has 26 heavy (non-hydrogen) atoms. The number of carbonyl (C=O) groups excluding carboxylic acids is 1. The number of morpholine rings is 1. The number of fused-ring (bicyclic) bond motifs is 1. The molecule has 4 heterocycles. The zero-order valence-electron chi connectivity index (χ0n) is 15.4. The van der Waals surface area contributed by atoms with E-state index in [4.69, 9.17) is 14.2 Å². The summed E-state index contributed by atoms with van der Waals surface area (Å²) >= 11 is 0. The third-order valence-corrected chi connectivity index (χ3v) is 5.54. The van der Waals surface area contributed by atoms with Crippen molar-refractivity contribution in [2.24, 2.45) is 0 Å². The molecule has 0 spiro atoms. The first-order valence-corrected chi connectivity index (χ1v) is 9.58. The van der Waals surface area contributed by atoms with Gasteiger partial charge in [0, 0.05) is 45.8 Å². The third-order valence-electron chi connectivity index (χ3n) is 5.54. The summed E-state index contributed by atoms with van der Waals surface area (Å²) in [6.45, 7) is 6.42. The Morgan fingerprint density at radius 2 is 2.08 bits per heavy atom. The Balaban J connectivity index is 1.48. The Bertz CT molecular complexity index is 629. The van der Waals surface area contributed by atoms with Crippen molar-refractivity contribution in [3.63, 3.8) is 0 Å². The van der Waals surface area contributed by atoms with E-state index in [9.17, 15) is 4.79 Å². The Morgan fingerprint density at radius 1 is 1.23 bits per heavy atom. The monoisotopic (exact) mass is 364 g/mol. The lowest BCUT2D eigenvalue weighted by Gasteiger charge is -2.32. The van der Waals surface area contributed by atoms with Crippen LogP contribution in [0.25, 0.3) is 0 Å². The maximum absolute atomic E-state index is 13.0. The molecule has 4 rings (SSSR count). The molecule has 2 fully saturated rings. The lowest BCUT2D eigenvalue weighted by molar-refractivity contribution is 0.0256. The number of likely N-dealkylation sites (tertiary alicyclic amines) is 1. The van der Waals surface area contributed by atoms with Crippen LogP contribution in [0.2, 0.25) is 0 Å². The highest BCUT2D eigenvalue weighted by Crippen LogP contribution is 2.29. The summed E-state index contributed by atoms with van der Waals surface area (Å²) in [5, 5.41) is 4.64. The number of amides is 1. The summed E-state index contributed by atoms with van der Waals surface area (Å²) in [6, 6.07) is 2.19. The van der Waals surface area contributed by atoms with Crippen LogP contribution < -0.4 is 4.74 Å². The van der Waals surface area contributed by atoms with Gasteiger partial charge in [-0.15, -0.1) is 0 Å². The van der Waals surface area contributed by atoms with Gasteiger partial charge in [0.25, 0.3) is 5.91 Å². The average molecular weight is 364 g/mol. The van der Waals surface area contributed by atoms with Gasteiger partial charge in [-0.05, 0) is 12.8 Å². The molecule has 8 heteroatoms. The molecule has 0 aliphatic carbocycles. The highest BCUT2D eigenvalue weighted by molar-refractivity contribution is 5.93. The van der Waals surface area contributed by atoms with Crippen molar-refractivity contribution < 1.29 is 19.0 Å². The number of rotatable bonds is 5. The van der Waals surface area contributed by atoms with Crippen molar-refractivity contribution in [3.8, 4) is 5.88 Å². The molecule has 0 saturated carbocycles. The zero-order valence-corrected chi connectivity index (χ0v) is 15.4. The quantitative estimate of drug-likeness (QED) is 0.769. The molecule has 0 N–H and O–H groups in total. The van der Waals surface area contributed by atoms with E-state index < -0.39 is 0 Å². The summed E-state index contributed by atoms with van der Waals surface area (Å²) in [4.78, 5) is 17.3. The molecule has 3 aliphatic rings. The van der Waals surface area contributed by atoms with Gasteiger partial charge >= 0.3 is 0 Å². The maximum Gasteiger partial charge on any atom is 0.274 e. The summed E-state index contributed by atoms with van der Waals surface area (Å²) in [5.41, 5.74) is 0.483. The van der Waals surface area contributed by atoms with Gasteiger partial charge in [0.2, 0.25) is 5.88 Å². The number of carbonyl (C=O) groups is 1. The number of ether oxygens (including phenoxy) is 3. The van der Waals surface area contributed by atoms with Gasteiger partial charge in [0.05, 0.1) is 38.5 Å². The number of hydrogen-bond donors (Lipinski definition) is 0. The fraction of sp³-hybridized carbons (Fsp3) is 0.778. The van der Waals surface area contributed by atoms with Crippen LogP contribution in [0.15, 0.2) is 6.07 Å². The first kappa shape index (κ1) is 17.8. The summed E-state index contributed by atoms with van der Waals surface area (Å²) in [7, 11) is 1.68. The minimum absolute atomic E-state index is 0.0137. The molecular weight excluding hydrogens is 336 g/mol. The Labute approximate surface area is 154 Å². The molecule has 0 aromatic carbocycles. The predicted molar refractivity (Wildman–Crippen MR) is 94.6 cm³/mol. The van der Waals surface area contributed by atoms with E-state index in [-0.39, 0.29) is 18.0 Å². The van der Waals surface area contributed by atoms with E-state index in [2.05, 4.69) is 10.00 Å². The number of aromatic nitrogens is 2. The van der Waals surface area contributed by atoms with Crippen LogP contribution in [0.3, 0.4) is 0 Å². The first-order chi connectivity index (χ1) is 12.8. The molecule has 3 aliphatic heterocycles. The molecule has 1 aromatic rings. The molecule has 0 bridgehead atoms. The lowest BCUT2D eigenvalue weighted by Crippen LogP contribution is -2.41. The van der Waals surface area contributed by atoms with Gasteiger partial charge in [0.15, 0.2) is 5.69 Å². The fourth-order valence-corrected chi connectivity index (χ4v) is 4.14. The van der Waals surface area contributed by atoms with E-state index in [1.54, 1.807) is 13.2 Å². The maximum atomic E-state index is 13.0. The minimum atomic E-state index is -0.0137. The molecule has 144 valence electrons. The molecule has 1 aromatic heterocycles. The fourth-order valence-electron chi connectivity index (χ4n) is 4.14. The molecule has 2 saturated heterocycles. The SMILES string of the molecule is COC[C@@H]1CCCN1C(=O)c1cc2n(n1)C(CN1CCOCC1)CCO2. The second-order valence-electron chi connectivity index (χ2n) is 7.27. The van der Waals surface area contributed by atoms with Crippen LogP contribution in [0, 0.1) is 0 Å². The largest absolute Gasteiger partial charge is 0.478 e. The van der Waals surface area contributed by atoms with E-state index in [0.717, 1.165) is 58.7 Å². The van der Waals surface area contributed by atoms with Gasteiger partial charge in [-0.25, -0.2) is 4.68 Å². The second kappa shape index (κ2) is 7.94. The van der Waals surface area contributed by atoms with Gasteiger partial charge in [-0.2, -0.15) is 5.10 Å². The summed E-state index contributed by atoms with van der Waals surface area (Å²) < 4.78 is 18.4. The van der Waals surface area contributed by atoms with Gasteiger partial charge in [-0.3, -0.25) is 9.69 Å². The molecule has 2 atom stereocenters. The van der Waals surface area contributed by atoms with E-state index in [1.807, 2.05) is 9.58 Å². The number of nitrogens with zero attached hydrogens (tertiary/aromatic N) is 4. The van der Waals surface area contributed by atoms with Crippen LogP contribution in [0.5, 0.6) is 5.88 Å². The van der Waals surface area contributed by atoms with E-state index >= 15 is 0 Å². The van der Waals surface area contributed by atoms with Crippen LogP contribution >= 0.6 is 0 Å². The standard InChI is InChI=1S/C18H28N4O4/c1-24-13-15-3-2-5-21(15)18(23)16-11-17-22(19-16)14(4-8-26-17)12-20-6-9-25-10-7-20/h11,14-15H,2-10,12-13H2,1H3/t14?,15-/m0/s1. The molecular formula is C18H28N4O4. The molecule has 1 amide bonds. The smallest absolute Gasteiger partial charge is 0.274 e. The van der Waals surface area contributed by atoms with Crippen molar-refractivity contribution in [3.05, 3.63) is 11.8 Å². The van der Waals surface area contributed by atoms with Crippen molar-refractivity contribution in [1.29, 1.82) is 0 Å². The van der Waals surface area contributed by atoms with Gasteiger partial charge in [-0.1, -0.05) is 0 Å². The number of hydrogen-bond acceptors (Lipinski definition) is 6. The normalized spacial score (nSPS) is 26.6. The van der Waals surface area contributed by atoms with Gasteiger partial charge in [0.1, 0.15) is 0 Å². The van der Waals surface area contributed by atoms with Crippen molar-refractivity contribution in [2.75, 3.05) is 59.7 Å². The van der Waals surface area contributed by atoms with Crippen LogP contribution in [-0.4, -0.2) is 91.2 Å². The van der Waals surface area contributed by atoms with Crippen LogP contribution in [-0.2, 0) is 9.47 Å². The molecule has 0 radical (unpaired) electrons. The number of methoxy groups -OCH3 is 1.